The van der Waals surface area contributed by atoms with E-state index in [0.29, 0.717) is 16.7 Å². The van der Waals surface area contributed by atoms with Gasteiger partial charge in [0, 0.05) is 5.56 Å². The van der Waals surface area contributed by atoms with Crippen LogP contribution in [0.3, 0.4) is 0 Å². The van der Waals surface area contributed by atoms with E-state index in [9.17, 15) is 4.79 Å². The fourth-order valence-electron chi connectivity index (χ4n) is 2.34. The number of rotatable bonds is 2. The number of para-hydroxylation sites is 1. The molecule has 0 atom stereocenters. The number of aromatic nitrogens is 5. The molecule has 0 saturated carbocycles. The molecule has 4 aromatic rings. The molecule has 2 aromatic carbocycles. The lowest BCUT2D eigenvalue weighted by Crippen LogP contribution is -2.09. The lowest BCUT2D eigenvalue weighted by atomic mass is 10.1. The van der Waals surface area contributed by atoms with Crippen molar-refractivity contribution in [1.82, 2.24) is 25.0 Å². The van der Waals surface area contributed by atoms with Crippen molar-refractivity contribution in [2.45, 2.75) is 0 Å². The largest absolute Gasteiger partial charge is 0.306 e. The summed E-state index contributed by atoms with van der Waals surface area (Å²) >= 11 is 0. The molecule has 22 heavy (non-hydrogen) atoms. The molecule has 0 unspecified atom stereocenters. The fourth-order valence-corrected chi connectivity index (χ4v) is 2.34. The molecule has 2 heterocycles. The van der Waals surface area contributed by atoms with E-state index in [2.05, 4.69) is 20.3 Å². The fraction of sp³-hybridized carbons (Fsp3) is 0. The molecule has 0 bridgehead atoms. The van der Waals surface area contributed by atoms with Crippen LogP contribution in [0.5, 0.6) is 0 Å². The van der Waals surface area contributed by atoms with Gasteiger partial charge in [0.2, 0.25) is 0 Å². The zero-order valence-electron chi connectivity index (χ0n) is 11.5. The van der Waals surface area contributed by atoms with Crippen LogP contribution in [0, 0.1) is 0 Å². The zero-order chi connectivity index (χ0) is 14.9. The van der Waals surface area contributed by atoms with Gasteiger partial charge in [-0.3, -0.25) is 4.79 Å². The summed E-state index contributed by atoms with van der Waals surface area (Å²) in [6.45, 7) is 0. The molecule has 6 heteroatoms. The minimum absolute atomic E-state index is 0.138. The number of benzene rings is 2. The van der Waals surface area contributed by atoms with Crippen LogP contribution in [-0.4, -0.2) is 25.0 Å². The van der Waals surface area contributed by atoms with Gasteiger partial charge in [-0.25, -0.2) is 9.67 Å². The van der Waals surface area contributed by atoms with Crippen molar-refractivity contribution in [3.63, 3.8) is 0 Å². The third-order valence-corrected chi connectivity index (χ3v) is 3.44. The Kier molecular flexibility index (Phi) is 2.79. The molecule has 2 aromatic heterocycles. The van der Waals surface area contributed by atoms with E-state index in [-0.39, 0.29) is 5.56 Å². The van der Waals surface area contributed by atoms with Crippen LogP contribution in [0.25, 0.3) is 28.0 Å². The Morgan fingerprint density at radius 2 is 1.82 bits per heavy atom. The predicted octanol–water partition coefficient (Wildman–Crippen LogP) is 2.17. The summed E-state index contributed by atoms with van der Waals surface area (Å²) in [5.74, 6) is 0.550. The van der Waals surface area contributed by atoms with Crippen molar-refractivity contribution in [2.75, 3.05) is 0 Å². The minimum Gasteiger partial charge on any atom is -0.306 e. The molecule has 0 aliphatic carbocycles. The van der Waals surface area contributed by atoms with E-state index >= 15 is 0 Å². The first-order valence-electron chi connectivity index (χ1n) is 6.77. The summed E-state index contributed by atoms with van der Waals surface area (Å²) in [6.07, 6.45) is 3.39. The summed E-state index contributed by atoms with van der Waals surface area (Å²) in [4.78, 5) is 19.4. The monoisotopic (exact) mass is 289 g/mol. The molecule has 0 saturated heterocycles. The topological polar surface area (TPSA) is 76.5 Å². The molecule has 0 radical (unpaired) electrons. The summed E-state index contributed by atoms with van der Waals surface area (Å²) in [6, 6.07) is 14.9. The van der Waals surface area contributed by atoms with Crippen LogP contribution in [0.4, 0.5) is 0 Å². The van der Waals surface area contributed by atoms with Crippen molar-refractivity contribution in [2.24, 2.45) is 0 Å². The lowest BCUT2D eigenvalue weighted by Gasteiger charge is -2.05. The Hall–Kier alpha value is -3.28. The third kappa shape index (κ3) is 2.07. The highest BCUT2D eigenvalue weighted by molar-refractivity contribution is 5.79. The van der Waals surface area contributed by atoms with E-state index in [1.807, 2.05) is 42.5 Å². The van der Waals surface area contributed by atoms with Crippen molar-refractivity contribution in [3.8, 4) is 17.1 Å². The number of hydrogen-bond donors (Lipinski definition) is 1. The highest BCUT2D eigenvalue weighted by atomic mass is 16.1. The summed E-state index contributed by atoms with van der Waals surface area (Å²) in [5, 5.41) is 8.30. The van der Waals surface area contributed by atoms with Crippen molar-refractivity contribution in [1.29, 1.82) is 0 Å². The smallest absolute Gasteiger partial charge is 0.259 e. The van der Waals surface area contributed by atoms with Gasteiger partial charge in [0.15, 0.2) is 0 Å². The average Bonchev–Trinajstić information content (AvgIpc) is 3.09. The number of aromatic amines is 1. The number of fused-ring (bicyclic) bond motifs is 1. The Morgan fingerprint density at radius 1 is 1.00 bits per heavy atom. The van der Waals surface area contributed by atoms with Crippen LogP contribution in [0.1, 0.15) is 0 Å². The zero-order valence-corrected chi connectivity index (χ0v) is 11.5. The second-order valence-corrected chi connectivity index (χ2v) is 4.83. The van der Waals surface area contributed by atoms with Gasteiger partial charge in [-0.05, 0) is 36.4 Å². The van der Waals surface area contributed by atoms with Gasteiger partial charge in [0.05, 0.1) is 29.0 Å². The number of nitrogens with zero attached hydrogens (tertiary/aromatic N) is 4. The maximum absolute atomic E-state index is 12.1. The molecule has 4 rings (SSSR count). The van der Waals surface area contributed by atoms with Gasteiger partial charge in [0.1, 0.15) is 5.82 Å². The Labute approximate surface area is 125 Å². The molecular weight excluding hydrogens is 278 g/mol. The van der Waals surface area contributed by atoms with Gasteiger partial charge in [-0.2, -0.15) is 0 Å². The van der Waals surface area contributed by atoms with Crippen molar-refractivity contribution in [3.05, 3.63) is 71.3 Å². The molecule has 0 spiro atoms. The first-order valence-corrected chi connectivity index (χ1v) is 6.77. The van der Waals surface area contributed by atoms with E-state index in [0.717, 1.165) is 11.3 Å². The van der Waals surface area contributed by atoms with Crippen molar-refractivity contribution < 1.29 is 0 Å². The summed E-state index contributed by atoms with van der Waals surface area (Å²) in [5.41, 5.74) is 2.28. The van der Waals surface area contributed by atoms with Crippen LogP contribution >= 0.6 is 0 Å². The molecule has 0 fully saturated rings. The van der Waals surface area contributed by atoms with Gasteiger partial charge >= 0.3 is 0 Å². The number of H-pyrrole nitrogens is 1. The quantitative estimate of drug-likeness (QED) is 0.613. The highest BCUT2D eigenvalue weighted by Crippen LogP contribution is 2.18. The van der Waals surface area contributed by atoms with Gasteiger partial charge in [-0.1, -0.05) is 17.3 Å². The SMILES string of the molecule is O=c1[nH]c(-c2ccc(-n3ccnn3)cc2)nc2ccccc12. The van der Waals surface area contributed by atoms with Gasteiger partial charge in [-0.15, -0.1) is 5.10 Å². The lowest BCUT2D eigenvalue weighted by molar-refractivity contribution is 0.803. The molecular formula is C16H11N5O. The minimum atomic E-state index is -0.138. The van der Waals surface area contributed by atoms with E-state index in [1.54, 1.807) is 23.1 Å². The molecule has 106 valence electrons. The first kappa shape index (κ1) is 12.5. The maximum Gasteiger partial charge on any atom is 0.259 e. The summed E-state index contributed by atoms with van der Waals surface area (Å²) in [7, 11) is 0. The summed E-state index contributed by atoms with van der Waals surface area (Å²) < 4.78 is 1.67. The molecule has 6 nitrogen and oxygen atoms in total. The van der Waals surface area contributed by atoms with E-state index < -0.39 is 0 Å². The van der Waals surface area contributed by atoms with Crippen LogP contribution in [-0.2, 0) is 0 Å². The normalized spacial score (nSPS) is 10.9. The third-order valence-electron chi connectivity index (χ3n) is 3.44. The van der Waals surface area contributed by atoms with E-state index in [4.69, 9.17) is 0 Å². The number of nitrogens with one attached hydrogen (secondary N) is 1. The second-order valence-electron chi connectivity index (χ2n) is 4.83. The maximum atomic E-state index is 12.1. The predicted molar refractivity (Wildman–Crippen MR) is 82.7 cm³/mol. The Bertz CT molecular complexity index is 987. The highest BCUT2D eigenvalue weighted by Gasteiger charge is 2.06. The molecule has 0 aliphatic heterocycles. The van der Waals surface area contributed by atoms with Crippen LogP contribution in [0.2, 0.25) is 0 Å². The molecule has 0 aliphatic rings. The van der Waals surface area contributed by atoms with Crippen LogP contribution in [0.15, 0.2) is 65.7 Å². The van der Waals surface area contributed by atoms with Crippen molar-refractivity contribution >= 4 is 10.9 Å². The first-order chi connectivity index (χ1) is 10.8. The molecule has 1 N–H and O–H groups in total. The van der Waals surface area contributed by atoms with Gasteiger partial charge < -0.3 is 4.98 Å². The second kappa shape index (κ2) is 4.92. The number of hydrogen-bond acceptors (Lipinski definition) is 4. The average molecular weight is 289 g/mol. The Morgan fingerprint density at radius 3 is 2.59 bits per heavy atom. The Balaban J connectivity index is 1.80. The standard InChI is InChI=1S/C16H11N5O/c22-16-13-3-1-2-4-14(13)18-15(19-16)11-5-7-12(8-6-11)21-10-9-17-20-21/h1-10H,(H,18,19,22). The molecule has 0 amide bonds. The van der Waals surface area contributed by atoms with Gasteiger partial charge in [0.25, 0.3) is 5.56 Å². The van der Waals surface area contributed by atoms with Crippen LogP contribution < -0.4 is 5.56 Å². The van der Waals surface area contributed by atoms with E-state index in [1.165, 1.54) is 0 Å².